The van der Waals surface area contributed by atoms with Crippen LogP contribution < -0.4 is 4.74 Å². The van der Waals surface area contributed by atoms with Crippen LogP contribution in [0.15, 0.2) is 23.1 Å². The molecule has 1 aromatic rings. The second-order valence-corrected chi connectivity index (χ2v) is 5.39. The topological polar surface area (TPSA) is 33.0 Å². The number of rotatable bonds is 8. The van der Waals surface area contributed by atoms with Crippen LogP contribution in [0.5, 0.6) is 5.75 Å². The van der Waals surface area contributed by atoms with E-state index in [1.807, 2.05) is 18.2 Å². The van der Waals surface area contributed by atoms with Gasteiger partial charge in [0.1, 0.15) is 17.4 Å². The molecule has 0 saturated carbocycles. The number of thioether (sulfide) groups is 1. The summed E-state index contributed by atoms with van der Waals surface area (Å²) in [6, 6.07) is 8.08. The molecule has 0 aromatic heterocycles. The second kappa shape index (κ2) is 8.88. The van der Waals surface area contributed by atoms with Crippen LogP contribution in [-0.4, -0.2) is 12.4 Å². The first-order valence-corrected chi connectivity index (χ1v) is 7.60. The lowest BCUT2D eigenvalue weighted by molar-refractivity contribution is 0.303. The van der Waals surface area contributed by atoms with E-state index in [4.69, 9.17) is 4.74 Å². The Balaban J connectivity index is 2.59. The summed E-state index contributed by atoms with van der Waals surface area (Å²) in [4.78, 5) is 1.02. The summed E-state index contributed by atoms with van der Waals surface area (Å²) in [5, 5.41) is 9.22. The van der Waals surface area contributed by atoms with Gasteiger partial charge >= 0.3 is 0 Å². The fraction of sp³-hybridized carbons (Fsp3) is 0.533. The second-order valence-electron chi connectivity index (χ2n) is 4.08. The van der Waals surface area contributed by atoms with E-state index in [0.717, 1.165) is 22.8 Å². The van der Waals surface area contributed by atoms with Crippen LogP contribution in [0.3, 0.4) is 0 Å². The highest BCUT2D eigenvalue weighted by molar-refractivity contribution is 7.99. The average molecular weight is 263 g/mol. The Kier molecular flexibility index (Phi) is 7.36. The van der Waals surface area contributed by atoms with E-state index in [2.05, 4.69) is 19.9 Å². The quantitative estimate of drug-likeness (QED) is 0.506. The highest BCUT2D eigenvalue weighted by Crippen LogP contribution is 2.29. The molecule has 98 valence electrons. The lowest BCUT2D eigenvalue weighted by Gasteiger charge is -2.10. The van der Waals surface area contributed by atoms with Gasteiger partial charge in [0.15, 0.2) is 0 Å². The molecule has 0 aliphatic rings. The largest absolute Gasteiger partial charge is 0.492 e. The molecule has 0 radical (unpaired) electrons. The highest BCUT2D eigenvalue weighted by Gasteiger charge is 2.08. The van der Waals surface area contributed by atoms with E-state index in [-0.39, 0.29) is 0 Å². The van der Waals surface area contributed by atoms with Crippen LogP contribution in [0.4, 0.5) is 0 Å². The van der Waals surface area contributed by atoms with Gasteiger partial charge in [-0.3, -0.25) is 0 Å². The van der Waals surface area contributed by atoms with Crippen LogP contribution in [-0.2, 0) is 0 Å². The zero-order valence-electron chi connectivity index (χ0n) is 11.2. The van der Waals surface area contributed by atoms with E-state index in [0.29, 0.717) is 12.2 Å². The number of nitriles is 1. The summed E-state index contributed by atoms with van der Waals surface area (Å²) in [5.74, 6) is 1.70. The van der Waals surface area contributed by atoms with E-state index in [1.165, 1.54) is 19.3 Å². The molecule has 0 amide bonds. The minimum absolute atomic E-state index is 0.680. The molecule has 3 heteroatoms. The van der Waals surface area contributed by atoms with Crippen molar-refractivity contribution < 1.29 is 4.74 Å². The number of nitrogens with zero attached hydrogens (tertiary/aromatic N) is 1. The van der Waals surface area contributed by atoms with E-state index in [9.17, 15) is 5.26 Å². The fourth-order valence-electron chi connectivity index (χ4n) is 1.73. The van der Waals surface area contributed by atoms with Crippen molar-refractivity contribution in [1.82, 2.24) is 0 Å². The van der Waals surface area contributed by atoms with Gasteiger partial charge in [-0.25, -0.2) is 0 Å². The maximum Gasteiger partial charge on any atom is 0.138 e. The van der Waals surface area contributed by atoms with Crippen LogP contribution in [0, 0.1) is 11.3 Å². The van der Waals surface area contributed by atoms with Gasteiger partial charge in [-0.05, 0) is 24.3 Å². The zero-order chi connectivity index (χ0) is 13.2. The Hall–Kier alpha value is -1.14. The molecule has 2 nitrogen and oxygen atoms in total. The SMILES string of the molecule is CCCCCCOc1cccc(SCC)c1C#N. The molecule has 0 heterocycles. The third-order valence-corrected chi connectivity index (χ3v) is 3.59. The molecule has 0 aliphatic carbocycles. The van der Waals surface area contributed by atoms with Gasteiger partial charge < -0.3 is 4.74 Å². The maximum absolute atomic E-state index is 9.22. The summed E-state index contributed by atoms with van der Waals surface area (Å²) in [6.07, 6.45) is 4.73. The Bertz CT molecular complexity index is 398. The summed E-state index contributed by atoms with van der Waals surface area (Å²) in [5.41, 5.74) is 0.680. The number of unbranched alkanes of at least 4 members (excludes halogenated alkanes) is 3. The van der Waals surface area contributed by atoms with Gasteiger partial charge in [0.2, 0.25) is 0 Å². The molecule has 0 unspecified atom stereocenters. The average Bonchev–Trinajstić information content (AvgIpc) is 2.39. The van der Waals surface area contributed by atoms with E-state index in [1.54, 1.807) is 11.8 Å². The van der Waals surface area contributed by atoms with Gasteiger partial charge in [0.25, 0.3) is 0 Å². The molecule has 18 heavy (non-hydrogen) atoms. The monoisotopic (exact) mass is 263 g/mol. The summed E-state index contributed by atoms with van der Waals surface area (Å²) in [7, 11) is 0. The van der Waals surface area contributed by atoms with Crippen molar-refractivity contribution in [2.75, 3.05) is 12.4 Å². The van der Waals surface area contributed by atoms with Crippen molar-refractivity contribution in [3.05, 3.63) is 23.8 Å². The minimum Gasteiger partial charge on any atom is -0.492 e. The number of ether oxygens (including phenoxy) is 1. The molecule has 1 aromatic carbocycles. The minimum atomic E-state index is 0.680. The first-order chi connectivity index (χ1) is 8.83. The molecular formula is C15H21NOS. The molecule has 0 spiro atoms. The van der Waals surface area contributed by atoms with E-state index >= 15 is 0 Å². The highest BCUT2D eigenvalue weighted by atomic mass is 32.2. The Labute approximate surface area is 114 Å². The normalized spacial score (nSPS) is 10.1. The number of hydrogen-bond donors (Lipinski definition) is 0. The van der Waals surface area contributed by atoms with Gasteiger partial charge in [0, 0.05) is 4.90 Å². The fourth-order valence-corrected chi connectivity index (χ4v) is 2.50. The Morgan fingerprint density at radius 3 is 2.72 bits per heavy atom. The smallest absolute Gasteiger partial charge is 0.138 e. The molecule has 0 saturated heterocycles. The van der Waals surface area contributed by atoms with Crippen LogP contribution in [0.25, 0.3) is 0 Å². The van der Waals surface area contributed by atoms with Crippen LogP contribution in [0.1, 0.15) is 45.1 Å². The molecule has 0 fully saturated rings. The zero-order valence-corrected chi connectivity index (χ0v) is 12.1. The Morgan fingerprint density at radius 1 is 1.22 bits per heavy atom. The van der Waals surface area contributed by atoms with Crippen molar-refractivity contribution in [2.24, 2.45) is 0 Å². The summed E-state index contributed by atoms with van der Waals surface area (Å²) >= 11 is 1.69. The molecule has 0 aliphatic heterocycles. The first-order valence-electron chi connectivity index (χ1n) is 6.62. The third kappa shape index (κ3) is 4.62. The summed E-state index contributed by atoms with van der Waals surface area (Å²) in [6.45, 7) is 4.99. The van der Waals surface area contributed by atoms with Gasteiger partial charge in [-0.1, -0.05) is 39.2 Å². The molecule has 0 bridgehead atoms. The molecule has 0 atom stereocenters. The van der Waals surface area contributed by atoms with Crippen molar-refractivity contribution in [3.63, 3.8) is 0 Å². The van der Waals surface area contributed by atoms with Crippen LogP contribution in [0.2, 0.25) is 0 Å². The van der Waals surface area contributed by atoms with Gasteiger partial charge in [-0.2, -0.15) is 5.26 Å². The standard InChI is InChI=1S/C15H21NOS/c1-3-5-6-7-11-17-14-9-8-10-15(18-4-2)13(14)12-16/h8-10H,3-7,11H2,1-2H3. The first kappa shape index (κ1) is 14.9. The molecular weight excluding hydrogens is 242 g/mol. The van der Waals surface area contributed by atoms with Crippen molar-refractivity contribution >= 4 is 11.8 Å². The Morgan fingerprint density at radius 2 is 2.06 bits per heavy atom. The number of hydrogen-bond acceptors (Lipinski definition) is 3. The van der Waals surface area contributed by atoms with Gasteiger partial charge in [-0.15, -0.1) is 11.8 Å². The van der Waals surface area contributed by atoms with Crippen LogP contribution >= 0.6 is 11.8 Å². The molecule has 0 N–H and O–H groups in total. The lowest BCUT2D eigenvalue weighted by Crippen LogP contribution is -1.99. The van der Waals surface area contributed by atoms with Crippen molar-refractivity contribution in [1.29, 1.82) is 5.26 Å². The maximum atomic E-state index is 9.22. The third-order valence-electron chi connectivity index (χ3n) is 2.66. The van der Waals surface area contributed by atoms with Crippen molar-refractivity contribution in [3.8, 4) is 11.8 Å². The van der Waals surface area contributed by atoms with Gasteiger partial charge in [0.05, 0.1) is 6.61 Å². The lowest BCUT2D eigenvalue weighted by atomic mass is 10.2. The molecule has 1 rings (SSSR count). The predicted octanol–water partition coefficient (Wildman–Crippen LogP) is 4.63. The summed E-state index contributed by atoms with van der Waals surface area (Å²) < 4.78 is 5.73. The van der Waals surface area contributed by atoms with E-state index < -0.39 is 0 Å². The number of benzene rings is 1. The predicted molar refractivity (Wildman–Crippen MR) is 77.2 cm³/mol. The van der Waals surface area contributed by atoms with Crippen molar-refractivity contribution in [2.45, 2.75) is 44.4 Å².